The molecule has 0 spiro atoms. The van der Waals surface area contributed by atoms with E-state index < -0.39 is 17.8 Å². The van der Waals surface area contributed by atoms with Gasteiger partial charge in [-0.05, 0) is 73.9 Å². The molecule has 2 amide bonds. The first kappa shape index (κ1) is 28.8. The van der Waals surface area contributed by atoms with Crippen molar-refractivity contribution in [2.75, 3.05) is 36.4 Å². The van der Waals surface area contributed by atoms with Crippen molar-refractivity contribution in [3.8, 4) is 16.9 Å². The molecular formula is C33H34FN5O3S. The summed E-state index contributed by atoms with van der Waals surface area (Å²) in [7, 11) is 0. The Morgan fingerprint density at radius 1 is 1.00 bits per heavy atom. The third-order valence-corrected chi connectivity index (χ3v) is 8.93. The molecule has 1 aromatic heterocycles. The minimum Gasteiger partial charge on any atom is -0.508 e. The topological polar surface area (TPSA) is 89.0 Å². The molecule has 0 saturated carbocycles. The Labute approximate surface area is 254 Å². The van der Waals surface area contributed by atoms with Crippen molar-refractivity contribution >= 4 is 34.0 Å². The molecule has 8 nitrogen and oxygen atoms in total. The van der Waals surface area contributed by atoms with Crippen LogP contribution in [-0.4, -0.2) is 63.4 Å². The van der Waals surface area contributed by atoms with E-state index in [1.807, 2.05) is 18.2 Å². The minimum absolute atomic E-state index is 0.00866. The average Bonchev–Trinajstić information content (AvgIpc) is 3.62. The third kappa shape index (κ3) is 5.85. The number of thiazole rings is 1. The van der Waals surface area contributed by atoms with E-state index in [4.69, 9.17) is 0 Å². The number of amides is 2. The van der Waals surface area contributed by atoms with Crippen LogP contribution in [0.3, 0.4) is 0 Å². The van der Waals surface area contributed by atoms with Crippen LogP contribution in [-0.2, 0) is 11.3 Å². The summed E-state index contributed by atoms with van der Waals surface area (Å²) in [6, 6.07) is 16.2. The quantitative estimate of drug-likeness (QED) is 0.287. The van der Waals surface area contributed by atoms with Crippen molar-refractivity contribution in [2.24, 2.45) is 0 Å². The zero-order chi connectivity index (χ0) is 30.3. The smallest absolute Gasteiger partial charge is 0.255 e. The molecule has 0 radical (unpaired) electrons. The number of hydrogen-bond donors (Lipinski definition) is 2. The lowest BCUT2D eigenvalue weighted by atomic mass is 10.00. The number of aromatic nitrogens is 1. The fourth-order valence-corrected chi connectivity index (χ4v) is 6.40. The molecule has 3 aromatic carbocycles. The third-order valence-electron chi connectivity index (χ3n) is 8.24. The molecule has 1 unspecified atom stereocenters. The van der Waals surface area contributed by atoms with Crippen LogP contribution < -0.4 is 10.2 Å². The van der Waals surface area contributed by atoms with Crippen LogP contribution >= 0.6 is 11.3 Å². The molecule has 0 aliphatic carbocycles. The maximum atomic E-state index is 14.3. The van der Waals surface area contributed by atoms with Crippen LogP contribution in [0.5, 0.6) is 5.75 Å². The summed E-state index contributed by atoms with van der Waals surface area (Å²) in [5.74, 6) is -1.85. The summed E-state index contributed by atoms with van der Waals surface area (Å²) in [6.45, 7) is 10.9. The van der Waals surface area contributed by atoms with Crippen molar-refractivity contribution in [1.82, 2.24) is 14.8 Å². The largest absolute Gasteiger partial charge is 0.508 e. The predicted octanol–water partition coefficient (Wildman–Crippen LogP) is 5.91. The van der Waals surface area contributed by atoms with Crippen LogP contribution in [0.2, 0.25) is 0 Å². The fraction of sp³-hybridized carbons (Fsp3) is 0.303. The van der Waals surface area contributed by atoms with Crippen LogP contribution in [0.1, 0.15) is 48.3 Å². The monoisotopic (exact) mass is 599 g/mol. The highest BCUT2D eigenvalue weighted by molar-refractivity contribution is 7.13. The molecule has 1 fully saturated rings. The maximum absolute atomic E-state index is 14.3. The molecule has 2 N–H and O–H groups in total. The highest BCUT2D eigenvalue weighted by Gasteiger charge is 2.39. The van der Waals surface area contributed by atoms with Crippen molar-refractivity contribution in [3.05, 3.63) is 94.7 Å². The second-order valence-corrected chi connectivity index (χ2v) is 12.8. The first-order valence-electron chi connectivity index (χ1n) is 14.3. The van der Waals surface area contributed by atoms with E-state index in [0.29, 0.717) is 10.7 Å². The Morgan fingerprint density at radius 2 is 1.72 bits per heavy atom. The lowest BCUT2D eigenvalue weighted by Gasteiger charge is -2.43. The number of piperazine rings is 1. The summed E-state index contributed by atoms with van der Waals surface area (Å²) >= 11 is 1.22. The minimum atomic E-state index is -1.26. The van der Waals surface area contributed by atoms with Gasteiger partial charge < -0.3 is 14.9 Å². The molecule has 0 bridgehead atoms. The molecule has 4 aromatic rings. The van der Waals surface area contributed by atoms with E-state index in [2.05, 4.69) is 65.1 Å². The van der Waals surface area contributed by atoms with Crippen molar-refractivity contribution < 1.29 is 19.1 Å². The van der Waals surface area contributed by atoms with Crippen molar-refractivity contribution in [2.45, 2.75) is 38.9 Å². The molecule has 43 heavy (non-hydrogen) atoms. The highest BCUT2D eigenvalue weighted by atomic mass is 32.1. The molecule has 1 atom stereocenters. The summed E-state index contributed by atoms with van der Waals surface area (Å²) < 4.78 is 14.3. The van der Waals surface area contributed by atoms with E-state index in [-0.39, 0.29) is 29.3 Å². The van der Waals surface area contributed by atoms with Gasteiger partial charge in [-0.3, -0.25) is 19.8 Å². The zero-order valence-corrected chi connectivity index (χ0v) is 25.2. The van der Waals surface area contributed by atoms with Gasteiger partial charge in [-0.25, -0.2) is 9.37 Å². The molecule has 1 saturated heterocycles. The van der Waals surface area contributed by atoms with E-state index >= 15 is 0 Å². The molecular weight excluding hydrogens is 565 g/mol. The van der Waals surface area contributed by atoms with Gasteiger partial charge >= 0.3 is 0 Å². The number of benzene rings is 3. The first-order chi connectivity index (χ1) is 20.6. The Hall–Kier alpha value is -4.28. The zero-order valence-electron chi connectivity index (χ0n) is 24.4. The molecule has 2 aliphatic rings. The van der Waals surface area contributed by atoms with Gasteiger partial charge in [0.15, 0.2) is 5.13 Å². The van der Waals surface area contributed by atoms with Gasteiger partial charge in [0, 0.05) is 66.7 Å². The number of nitrogens with one attached hydrogen (secondary N) is 1. The van der Waals surface area contributed by atoms with Gasteiger partial charge in [0.1, 0.15) is 17.6 Å². The molecule has 2 aliphatic heterocycles. The van der Waals surface area contributed by atoms with Gasteiger partial charge in [0.05, 0.1) is 0 Å². The second kappa shape index (κ2) is 11.4. The average molecular weight is 600 g/mol. The second-order valence-electron chi connectivity index (χ2n) is 11.9. The summed E-state index contributed by atoms with van der Waals surface area (Å²) in [5, 5.41) is 15.4. The number of halogens is 1. The predicted molar refractivity (Wildman–Crippen MR) is 167 cm³/mol. The van der Waals surface area contributed by atoms with Gasteiger partial charge in [0.2, 0.25) is 0 Å². The van der Waals surface area contributed by atoms with Crippen molar-refractivity contribution in [3.63, 3.8) is 0 Å². The summed E-state index contributed by atoms with van der Waals surface area (Å²) in [5.41, 5.74) is 4.44. The normalized spacial score (nSPS) is 16.3. The molecule has 222 valence electrons. The van der Waals surface area contributed by atoms with E-state index in [1.165, 1.54) is 28.0 Å². The number of nitrogens with zero attached hydrogens (tertiary/aromatic N) is 4. The molecule has 10 heteroatoms. The molecule has 3 heterocycles. The van der Waals surface area contributed by atoms with Gasteiger partial charge in [-0.2, -0.15) is 0 Å². The lowest BCUT2D eigenvalue weighted by molar-refractivity contribution is -0.120. The van der Waals surface area contributed by atoms with E-state index in [1.54, 1.807) is 11.6 Å². The van der Waals surface area contributed by atoms with Crippen LogP contribution in [0.15, 0.2) is 72.2 Å². The van der Waals surface area contributed by atoms with E-state index in [9.17, 15) is 19.1 Å². The Morgan fingerprint density at radius 3 is 2.40 bits per heavy atom. The Balaban J connectivity index is 1.23. The standard InChI is InChI=1S/C33H34FN5O3S/c1-33(2,3)38-15-13-37(14-16-38)25-9-6-21(7-10-25)22-4-5-23-20-39(31(42)26(23)18-22)29(27-19-24(34)8-11-28(27)40)30(41)36-32-35-12-17-43-32/h4-12,17-19,29,40H,13-16,20H2,1-3H3,(H,35,36,41). The Kier molecular flexibility index (Phi) is 7.66. The maximum Gasteiger partial charge on any atom is 0.255 e. The van der Waals surface area contributed by atoms with Crippen LogP contribution in [0.25, 0.3) is 11.1 Å². The number of anilines is 2. The fourth-order valence-electron chi connectivity index (χ4n) is 5.87. The van der Waals surface area contributed by atoms with Gasteiger partial charge in [-0.15, -0.1) is 11.3 Å². The number of aromatic hydroxyl groups is 1. The van der Waals surface area contributed by atoms with E-state index in [0.717, 1.165) is 55.0 Å². The number of carbonyl (C=O) groups is 2. The van der Waals surface area contributed by atoms with Crippen LogP contribution in [0.4, 0.5) is 15.2 Å². The van der Waals surface area contributed by atoms with Crippen LogP contribution in [0, 0.1) is 5.82 Å². The number of hydrogen-bond acceptors (Lipinski definition) is 7. The SMILES string of the molecule is CC(C)(C)N1CCN(c2ccc(-c3ccc4c(c3)C(=O)N(C(C(=O)Nc3nccs3)c3cc(F)ccc3O)C4)cc2)CC1. The summed E-state index contributed by atoms with van der Waals surface area (Å²) in [6.07, 6.45) is 1.55. The highest BCUT2D eigenvalue weighted by Crippen LogP contribution is 2.38. The van der Waals surface area contributed by atoms with Crippen molar-refractivity contribution in [1.29, 1.82) is 0 Å². The number of phenols is 1. The molecule has 6 rings (SSSR count). The summed E-state index contributed by atoms with van der Waals surface area (Å²) in [4.78, 5) is 37.7. The van der Waals surface area contributed by atoms with Gasteiger partial charge in [-0.1, -0.05) is 24.3 Å². The lowest BCUT2D eigenvalue weighted by Crippen LogP contribution is -2.53. The Bertz CT molecular complexity index is 1640. The number of phenolic OH excluding ortho intramolecular Hbond substituents is 1. The number of rotatable bonds is 6. The number of carbonyl (C=O) groups excluding carboxylic acids is 2. The number of fused-ring (bicyclic) bond motifs is 1. The first-order valence-corrected chi connectivity index (χ1v) is 15.2. The van der Waals surface area contributed by atoms with Gasteiger partial charge in [0.25, 0.3) is 11.8 Å².